The second kappa shape index (κ2) is 7.51. The molecule has 2 atom stereocenters. The van der Waals surface area contributed by atoms with E-state index in [0.29, 0.717) is 0 Å². The monoisotopic (exact) mass is 304 g/mol. The summed E-state index contributed by atoms with van der Waals surface area (Å²) in [4.78, 5) is 16.2. The Labute approximate surface area is 123 Å². The topological polar surface area (TPSA) is 51.2 Å². The molecule has 1 rings (SSSR count). The molecule has 0 radical (unpaired) electrons. The molecule has 1 saturated heterocycles. The van der Waals surface area contributed by atoms with Crippen LogP contribution in [0.15, 0.2) is 0 Å². The maximum Gasteiger partial charge on any atom is 0.518 e. The molecular weight excluding hydrogens is 276 g/mol. The highest BCUT2D eigenvalue weighted by Gasteiger charge is 2.52. The Kier molecular flexibility index (Phi) is 6.60. The smallest absolute Gasteiger partial charge is 0.376 e. The van der Waals surface area contributed by atoms with Crippen LogP contribution in [0.5, 0.6) is 0 Å². The molecule has 1 aliphatic heterocycles. The van der Waals surface area contributed by atoms with Crippen LogP contribution in [-0.4, -0.2) is 78.2 Å². The Morgan fingerprint density at radius 1 is 1.30 bits per heavy atom. The summed E-state index contributed by atoms with van der Waals surface area (Å²) in [5.41, 5.74) is 0.0129. The first-order chi connectivity index (χ1) is 9.47. The Morgan fingerprint density at radius 3 is 2.25 bits per heavy atom. The van der Waals surface area contributed by atoms with Gasteiger partial charge in [-0.1, -0.05) is 6.92 Å². The van der Waals surface area contributed by atoms with Gasteiger partial charge < -0.3 is 18.2 Å². The maximum absolute atomic E-state index is 12.3. The minimum absolute atomic E-state index is 0.0129. The number of carbonyl (C=O) groups is 1. The third-order valence-corrected chi connectivity index (χ3v) is 7.33. The summed E-state index contributed by atoms with van der Waals surface area (Å²) < 4.78 is 16.9. The van der Waals surface area contributed by atoms with Crippen molar-refractivity contribution in [3.05, 3.63) is 0 Å². The highest BCUT2D eigenvalue weighted by Crippen LogP contribution is 2.29. The molecule has 1 aliphatic rings. The minimum Gasteiger partial charge on any atom is -0.376 e. The van der Waals surface area contributed by atoms with Crippen molar-refractivity contribution in [2.75, 3.05) is 42.0 Å². The second-order valence-corrected chi connectivity index (χ2v) is 8.37. The SMILES string of the molecule is CCC(N1CCCC1C(=O)N(C)C)[Si](OC)(OC)OC. The Hall–Kier alpha value is -0.473. The molecule has 7 heteroatoms. The molecule has 0 N–H and O–H groups in total. The zero-order valence-corrected chi connectivity index (χ0v) is 14.5. The van der Waals surface area contributed by atoms with Gasteiger partial charge in [-0.15, -0.1) is 0 Å². The van der Waals surface area contributed by atoms with Gasteiger partial charge in [0.2, 0.25) is 5.91 Å². The molecule has 0 saturated carbocycles. The molecule has 0 bridgehead atoms. The third-order valence-electron chi connectivity index (χ3n) is 4.07. The quantitative estimate of drug-likeness (QED) is 0.649. The zero-order valence-electron chi connectivity index (χ0n) is 13.5. The van der Waals surface area contributed by atoms with Gasteiger partial charge in [-0.25, -0.2) is 0 Å². The lowest BCUT2D eigenvalue weighted by molar-refractivity contribution is -0.134. The summed E-state index contributed by atoms with van der Waals surface area (Å²) in [5.74, 6) is 0.146. The molecule has 0 aromatic rings. The predicted octanol–water partition coefficient (Wildman–Crippen LogP) is 0.735. The van der Waals surface area contributed by atoms with Gasteiger partial charge in [0.05, 0.1) is 11.7 Å². The van der Waals surface area contributed by atoms with Crippen LogP contribution in [0.1, 0.15) is 26.2 Å². The van der Waals surface area contributed by atoms with Crippen molar-refractivity contribution in [1.29, 1.82) is 0 Å². The standard InChI is InChI=1S/C13H28N2O4Si/c1-7-12(20(17-4,18-5)19-6)15-10-8-9-11(15)13(16)14(2)3/h11-12H,7-10H2,1-6H3. The van der Waals surface area contributed by atoms with Crippen molar-refractivity contribution in [3.8, 4) is 0 Å². The van der Waals surface area contributed by atoms with Crippen molar-refractivity contribution in [2.24, 2.45) is 0 Å². The summed E-state index contributed by atoms with van der Waals surface area (Å²) in [7, 11) is 5.70. The molecule has 1 heterocycles. The lowest BCUT2D eigenvalue weighted by atomic mass is 10.2. The van der Waals surface area contributed by atoms with Crippen LogP contribution < -0.4 is 0 Å². The molecule has 0 aromatic heterocycles. The van der Waals surface area contributed by atoms with Gasteiger partial charge in [0.1, 0.15) is 0 Å². The molecule has 6 nitrogen and oxygen atoms in total. The van der Waals surface area contributed by atoms with E-state index in [1.165, 1.54) is 0 Å². The number of hydrogen-bond acceptors (Lipinski definition) is 5. The highest BCUT2D eigenvalue weighted by atomic mass is 28.4. The van der Waals surface area contributed by atoms with Crippen LogP contribution in [0, 0.1) is 0 Å². The van der Waals surface area contributed by atoms with Crippen LogP contribution in [0.2, 0.25) is 0 Å². The van der Waals surface area contributed by atoms with Gasteiger partial charge in [-0.3, -0.25) is 9.69 Å². The average Bonchev–Trinajstić information content (AvgIpc) is 2.92. The van der Waals surface area contributed by atoms with Crippen molar-refractivity contribution in [2.45, 2.75) is 37.9 Å². The first-order valence-electron chi connectivity index (χ1n) is 7.09. The van der Waals surface area contributed by atoms with E-state index in [9.17, 15) is 4.79 Å². The highest BCUT2D eigenvalue weighted by molar-refractivity contribution is 6.62. The first-order valence-corrected chi connectivity index (χ1v) is 8.89. The molecule has 0 aromatic carbocycles. The van der Waals surface area contributed by atoms with Crippen LogP contribution in [-0.2, 0) is 18.1 Å². The predicted molar refractivity (Wildman–Crippen MR) is 79.3 cm³/mol. The Morgan fingerprint density at radius 2 is 1.85 bits per heavy atom. The number of rotatable bonds is 7. The van der Waals surface area contributed by atoms with E-state index in [0.717, 1.165) is 25.8 Å². The van der Waals surface area contributed by atoms with Gasteiger partial charge in [-0.2, -0.15) is 0 Å². The molecule has 118 valence electrons. The number of likely N-dealkylation sites (tertiary alicyclic amines) is 1. The number of hydrogen-bond donors (Lipinski definition) is 0. The molecule has 1 fully saturated rings. The molecule has 20 heavy (non-hydrogen) atoms. The largest absolute Gasteiger partial charge is 0.518 e. The fraction of sp³-hybridized carbons (Fsp3) is 0.923. The van der Waals surface area contributed by atoms with Crippen molar-refractivity contribution < 1.29 is 18.1 Å². The van der Waals surface area contributed by atoms with Crippen LogP contribution in [0.25, 0.3) is 0 Å². The van der Waals surface area contributed by atoms with E-state index in [1.54, 1.807) is 40.3 Å². The van der Waals surface area contributed by atoms with Crippen LogP contribution in [0.4, 0.5) is 0 Å². The van der Waals surface area contributed by atoms with E-state index < -0.39 is 8.80 Å². The number of nitrogens with zero attached hydrogens (tertiary/aromatic N) is 2. The zero-order chi connectivity index (χ0) is 15.3. The van der Waals surface area contributed by atoms with Gasteiger partial charge >= 0.3 is 8.80 Å². The fourth-order valence-electron chi connectivity index (χ4n) is 3.07. The number of likely N-dealkylation sites (N-methyl/N-ethyl adjacent to an activating group) is 1. The van der Waals surface area contributed by atoms with Crippen molar-refractivity contribution in [3.63, 3.8) is 0 Å². The number of carbonyl (C=O) groups excluding carboxylic acids is 1. The summed E-state index contributed by atoms with van der Waals surface area (Å²) >= 11 is 0. The Bertz CT molecular complexity index is 315. The maximum atomic E-state index is 12.3. The summed E-state index contributed by atoms with van der Waals surface area (Å²) in [6, 6.07) is -0.0951. The van der Waals surface area contributed by atoms with Gasteiger partial charge in [-0.05, 0) is 25.8 Å². The first kappa shape index (κ1) is 17.6. The molecule has 0 aliphatic carbocycles. The summed E-state index contributed by atoms with van der Waals surface area (Å²) in [6.45, 7) is 2.96. The molecular formula is C13H28N2O4Si. The van der Waals surface area contributed by atoms with Gasteiger partial charge in [0, 0.05) is 35.4 Å². The molecule has 0 spiro atoms. The number of amides is 1. The third kappa shape index (κ3) is 3.23. The van der Waals surface area contributed by atoms with E-state index in [-0.39, 0.29) is 17.6 Å². The second-order valence-electron chi connectivity index (χ2n) is 5.27. The van der Waals surface area contributed by atoms with Gasteiger partial charge in [0.15, 0.2) is 0 Å². The van der Waals surface area contributed by atoms with Crippen LogP contribution >= 0.6 is 0 Å². The van der Waals surface area contributed by atoms with E-state index in [2.05, 4.69) is 11.8 Å². The fourth-order valence-corrected chi connectivity index (χ4v) is 5.60. The van der Waals surface area contributed by atoms with Crippen molar-refractivity contribution in [1.82, 2.24) is 9.80 Å². The average molecular weight is 304 g/mol. The summed E-state index contributed by atoms with van der Waals surface area (Å²) in [6.07, 6.45) is 2.73. The normalized spacial score (nSPS) is 22.0. The molecule has 1 amide bonds. The van der Waals surface area contributed by atoms with Crippen molar-refractivity contribution >= 4 is 14.7 Å². The Balaban J connectivity index is 3.01. The lowest BCUT2D eigenvalue weighted by Crippen LogP contribution is -2.63. The van der Waals surface area contributed by atoms with Gasteiger partial charge in [0.25, 0.3) is 0 Å². The van der Waals surface area contributed by atoms with E-state index >= 15 is 0 Å². The van der Waals surface area contributed by atoms with E-state index in [1.807, 2.05) is 0 Å². The summed E-state index contributed by atoms with van der Waals surface area (Å²) in [5, 5.41) is 0. The van der Waals surface area contributed by atoms with Crippen LogP contribution in [0.3, 0.4) is 0 Å². The minimum atomic E-state index is -2.78. The molecule has 2 unspecified atom stereocenters. The lowest BCUT2D eigenvalue weighted by Gasteiger charge is -2.40. The van der Waals surface area contributed by atoms with E-state index in [4.69, 9.17) is 13.3 Å².